The third kappa shape index (κ3) is 2.84. The minimum Gasteiger partial charge on any atom is -0.491 e. The van der Waals surface area contributed by atoms with E-state index in [1.165, 1.54) is 6.42 Å². The molecule has 4 heteroatoms. The van der Waals surface area contributed by atoms with Crippen LogP contribution in [0.1, 0.15) is 12.8 Å². The fourth-order valence-corrected chi connectivity index (χ4v) is 2.47. The van der Waals surface area contributed by atoms with Crippen molar-refractivity contribution < 1.29 is 4.74 Å². The molecule has 4 nitrogen and oxygen atoms in total. The van der Waals surface area contributed by atoms with E-state index in [4.69, 9.17) is 4.74 Å². The standard InChI is InChI=1S/C15H17N3O/c1-2-6-14(7-3-1)19-11-13-5-4-10-18(13)15-8-9-16-12-17-15/h1-3,6-9,12-13H,4-5,10-11H2/t13-/m0/s1. The van der Waals surface area contributed by atoms with Gasteiger partial charge in [0.25, 0.3) is 0 Å². The van der Waals surface area contributed by atoms with Crippen molar-refractivity contribution in [1.82, 2.24) is 9.97 Å². The molecule has 19 heavy (non-hydrogen) atoms. The summed E-state index contributed by atoms with van der Waals surface area (Å²) in [6.45, 7) is 1.74. The second-order valence-electron chi connectivity index (χ2n) is 4.68. The highest BCUT2D eigenvalue weighted by Gasteiger charge is 2.26. The quantitative estimate of drug-likeness (QED) is 0.841. The summed E-state index contributed by atoms with van der Waals surface area (Å²) in [4.78, 5) is 10.6. The first-order valence-corrected chi connectivity index (χ1v) is 6.64. The molecule has 0 radical (unpaired) electrons. The first-order chi connectivity index (χ1) is 9.43. The van der Waals surface area contributed by atoms with Gasteiger partial charge in [0.2, 0.25) is 0 Å². The number of anilines is 1. The second-order valence-corrected chi connectivity index (χ2v) is 4.68. The molecule has 0 unspecified atom stereocenters. The van der Waals surface area contributed by atoms with Crippen LogP contribution < -0.4 is 9.64 Å². The van der Waals surface area contributed by atoms with E-state index in [1.54, 1.807) is 12.5 Å². The zero-order valence-corrected chi connectivity index (χ0v) is 10.8. The van der Waals surface area contributed by atoms with E-state index >= 15 is 0 Å². The lowest BCUT2D eigenvalue weighted by Crippen LogP contribution is -2.34. The van der Waals surface area contributed by atoms with Gasteiger partial charge in [-0.05, 0) is 31.0 Å². The summed E-state index contributed by atoms with van der Waals surface area (Å²) in [7, 11) is 0. The van der Waals surface area contributed by atoms with Gasteiger partial charge in [-0.1, -0.05) is 18.2 Å². The molecule has 2 heterocycles. The van der Waals surface area contributed by atoms with E-state index < -0.39 is 0 Å². The number of aromatic nitrogens is 2. The van der Waals surface area contributed by atoms with Crippen LogP contribution in [-0.2, 0) is 0 Å². The molecule has 1 aromatic heterocycles. The molecule has 0 amide bonds. The van der Waals surface area contributed by atoms with E-state index in [9.17, 15) is 0 Å². The monoisotopic (exact) mass is 255 g/mol. The van der Waals surface area contributed by atoms with Gasteiger partial charge in [0.15, 0.2) is 0 Å². The highest BCUT2D eigenvalue weighted by Crippen LogP contribution is 2.23. The molecule has 0 N–H and O–H groups in total. The lowest BCUT2D eigenvalue weighted by atomic mass is 10.2. The number of nitrogens with zero attached hydrogens (tertiary/aromatic N) is 3. The van der Waals surface area contributed by atoms with Crippen molar-refractivity contribution in [2.45, 2.75) is 18.9 Å². The molecule has 1 fully saturated rings. The molecule has 1 aliphatic heterocycles. The van der Waals surface area contributed by atoms with Crippen molar-refractivity contribution in [2.24, 2.45) is 0 Å². The van der Waals surface area contributed by atoms with Crippen molar-refractivity contribution in [3.8, 4) is 5.75 Å². The van der Waals surface area contributed by atoms with Crippen LogP contribution in [0.25, 0.3) is 0 Å². The lowest BCUT2D eigenvalue weighted by Gasteiger charge is -2.25. The van der Waals surface area contributed by atoms with Crippen LogP contribution in [0.3, 0.4) is 0 Å². The van der Waals surface area contributed by atoms with Gasteiger partial charge in [0.05, 0.1) is 6.04 Å². The van der Waals surface area contributed by atoms with Crippen molar-refractivity contribution in [2.75, 3.05) is 18.1 Å². The van der Waals surface area contributed by atoms with Crippen molar-refractivity contribution in [1.29, 1.82) is 0 Å². The molecular weight excluding hydrogens is 238 g/mol. The number of benzene rings is 1. The Balaban J connectivity index is 1.64. The predicted octanol–water partition coefficient (Wildman–Crippen LogP) is 2.52. The topological polar surface area (TPSA) is 38.2 Å². The van der Waals surface area contributed by atoms with E-state index in [2.05, 4.69) is 14.9 Å². The van der Waals surface area contributed by atoms with E-state index in [1.807, 2.05) is 36.4 Å². The molecular formula is C15H17N3O. The van der Waals surface area contributed by atoms with Crippen molar-refractivity contribution in [3.05, 3.63) is 48.9 Å². The maximum atomic E-state index is 5.86. The van der Waals surface area contributed by atoms with Crippen LogP contribution in [0, 0.1) is 0 Å². The smallest absolute Gasteiger partial charge is 0.132 e. The Morgan fingerprint density at radius 2 is 2.11 bits per heavy atom. The molecule has 1 aliphatic rings. The van der Waals surface area contributed by atoms with Crippen molar-refractivity contribution in [3.63, 3.8) is 0 Å². The van der Waals surface area contributed by atoms with Gasteiger partial charge >= 0.3 is 0 Å². The van der Waals surface area contributed by atoms with Gasteiger partial charge in [-0.2, -0.15) is 0 Å². The fourth-order valence-electron chi connectivity index (χ4n) is 2.47. The first-order valence-electron chi connectivity index (χ1n) is 6.64. The highest BCUT2D eigenvalue weighted by molar-refractivity contribution is 5.39. The van der Waals surface area contributed by atoms with E-state index in [-0.39, 0.29) is 0 Å². The molecule has 1 saturated heterocycles. The van der Waals surface area contributed by atoms with Gasteiger partial charge < -0.3 is 9.64 Å². The third-order valence-electron chi connectivity index (χ3n) is 3.42. The predicted molar refractivity (Wildman–Crippen MR) is 74.3 cm³/mol. The normalized spacial score (nSPS) is 18.5. The molecule has 0 spiro atoms. The molecule has 1 aromatic carbocycles. The summed E-state index contributed by atoms with van der Waals surface area (Å²) in [6.07, 6.45) is 5.72. The average Bonchev–Trinajstić information content (AvgIpc) is 2.95. The summed E-state index contributed by atoms with van der Waals surface area (Å²) in [5.41, 5.74) is 0. The summed E-state index contributed by atoms with van der Waals surface area (Å²) >= 11 is 0. The Kier molecular flexibility index (Phi) is 3.58. The molecule has 98 valence electrons. The number of hydrogen-bond acceptors (Lipinski definition) is 4. The number of rotatable bonds is 4. The summed E-state index contributed by atoms with van der Waals surface area (Å²) in [5.74, 6) is 1.92. The van der Waals surface area contributed by atoms with Gasteiger partial charge in [-0.25, -0.2) is 9.97 Å². The molecule has 1 atom stereocenters. The maximum absolute atomic E-state index is 5.86. The minimum atomic E-state index is 0.398. The summed E-state index contributed by atoms with van der Waals surface area (Å²) < 4.78 is 5.86. The summed E-state index contributed by atoms with van der Waals surface area (Å²) in [5, 5.41) is 0. The molecule has 0 saturated carbocycles. The van der Waals surface area contributed by atoms with Gasteiger partial charge in [-0.3, -0.25) is 0 Å². The lowest BCUT2D eigenvalue weighted by molar-refractivity contribution is 0.288. The molecule has 2 aromatic rings. The Bertz CT molecular complexity index is 503. The zero-order chi connectivity index (χ0) is 12.9. The Morgan fingerprint density at radius 1 is 1.21 bits per heavy atom. The highest BCUT2D eigenvalue weighted by atomic mass is 16.5. The minimum absolute atomic E-state index is 0.398. The van der Waals surface area contributed by atoms with Crippen molar-refractivity contribution >= 4 is 5.82 Å². The summed E-state index contributed by atoms with van der Waals surface area (Å²) in [6, 6.07) is 12.3. The Morgan fingerprint density at radius 3 is 2.89 bits per heavy atom. The van der Waals surface area contributed by atoms with Crippen LogP contribution in [0.4, 0.5) is 5.82 Å². The average molecular weight is 255 g/mol. The molecule has 0 aliphatic carbocycles. The Labute approximate surface area is 113 Å². The van der Waals surface area contributed by atoms with Gasteiger partial charge in [0, 0.05) is 12.7 Å². The zero-order valence-electron chi connectivity index (χ0n) is 10.8. The SMILES string of the molecule is c1ccc(OC[C@@H]2CCCN2c2ccncn2)cc1. The second kappa shape index (κ2) is 5.69. The molecule has 0 bridgehead atoms. The maximum Gasteiger partial charge on any atom is 0.132 e. The van der Waals surface area contributed by atoms with Crippen LogP contribution in [0.15, 0.2) is 48.9 Å². The molecule has 3 rings (SSSR count). The van der Waals surface area contributed by atoms with E-state index in [0.717, 1.165) is 24.5 Å². The van der Waals surface area contributed by atoms with Crippen LogP contribution in [-0.4, -0.2) is 29.2 Å². The largest absolute Gasteiger partial charge is 0.491 e. The first kappa shape index (κ1) is 12.0. The van der Waals surface area contributed by atoms with E-state index in [0.29, 0.717) is 12.6 Å². The van der Waals surface area contributed by atoms with Crippen LogP contribution in [0.5, 0.6) is 5.75 Å². The van der Waals surface area contributed by atoms with Gasteiger partial charge in [-0.15, -0.1) is 0 Å². The van der Waals surface area contributed by atoms with Crippen LogP contribution in [0.2, 0.25) is 0 Å². The Hall–Kier alpha value is -2.10. The third-order valence-corrected chi connectivity index (χ3v) is 3.42. The van der Waals surface area contributed by atoms with Crippen LogP contribution >= 0.6 is 0 Å². The fraction of sp³-hybridized carbons (Fsp3) is 0.333. The number of ether oxygens (including phenoxy) is 1. The number of hydrogen-bond donors (Lipinski definition) is 0. The number of para-hydroxylation sites is 1. The van der Waals surface area contributed by atoms with Gasteiger partial charge in [0.1, 0.15) is 24.5 Å².